The van der Waals surface area contributed by atoms with E-state index in [1.807, 2.05) is 6.07 Å². The summed E-state index contributed by atoms with van der Waals surface area (Å²) in [6.45, 7) is 0. The van der Waals surface area contributed by atoms with Gasteiger partial charge in [-0.25, -0.2) is 0 Å². The van der Waals surface area contributed by atoms with E-state index in [9.17, 15) is 9.79 Å². The molecule has 5 heteroatoms. The van der Waals surface area contributed by atoms with Crippen molar-refractivity contribution in [2.24, 2.45) is 0 Å². The van der Waals surface area contributed by atoms with Crippen molar-refractivity contribution in [1.82, 2.24) is 0 Å². The quantitative estimate of drug-likeness (QED) is 0.696. The van der Waals surface area contributed by atoms with Crippen LogP contribution in [0, 0.1) is 0 Å². The second-order valence-electron chi connectivity index (χ2n) is 5.32. The van der Waals surface area contributed by atoms with E-state index >= 15 is 0 Å². The fraction of sp³-hybridized carbons (Fsp3) is 0. The van der Waals surface area contributed by atoms with Gasteiger partial charge in [-0.1, -0.05) is 0 Å². The molecule has 0 saturated carbocycles. The standard InChI is InChI=1S/C18H15Cl2O2P/c19-14-6-4-10-17(12-14)23(21,22,16-8-2-1-3-9-16)18-11-5-7-15(20)13-18/h1-13,21-22H. The summed E-state index contributed by atoms with van der Waals surface area (Å²) in [7, 11) is -4.61. The summed E-state index contributed by atoms with van der Waals surface area (Å²) < 4.78 is 0. The maximum atomic E-state index is 11.7. The molecule has 118 valence electrons. The Hall–Kier alpha value is -1.41. The van der Waals surface area contributed by atoms with E-state index in [1.165, 1.54) is 0 Å². The van der Waals surface area contributed by atoms with Gasteiger partial charge in [-0.2, -0.15) is 0 Å². The van der Waals surface area contributed by atoms with E-state index in [1.54, 1.807) is 72.8 Å². The number of hydrogen-bond acceptors (Lipinski definition) is 2. The van der Waals surface area contributed by atoms with E-state index in [2.05, 4.69) is 0 Å². The average molecular weight is 365 g/mol. The van der Waals surface area contributed by atoms with Crippen LogP contribution in [0.25, 0.3) is 0 Å². The van der Waals surface area contributed by atoms with E-state index in [0.29, 0.717) is 26.0 Å². The van der Waals surface area contributed by atoms with Crippen LogP contribution in [0.2, 0.25) is 10.0 Å². The van der Waals surface area contributed by atoms with Crippen molar-refractivity contribution >= 4 is 46.2 Å². The van der Waals surface area contributed by atoms with Gasteiger partial charge in [0.1, 0.15) is 0 Å². The molecule has 0 amide bonds. The zero-order chi connectivity index (χ0) is 16.5. The third-order valence-electron chi connectivity index (χ3n) is 3.84. The van der Waals surface area contributed by atoms with Crippen molar-refractivity contribution in [3.63, 3.8) is 0 Å². The Kier molecular flexibility index (Phi) is 4.22. The van der Waals surface area contributed by atoms with Crippen molar-refractivity contribution in [1.29, 1.82) is 0 Å². The molecule has 0 bridgehead atoms. The van der Waals surface area contributed by atoms with Crippen LogP contribution in [0.3, 0.4) is 0 Å². The molecule has 0 aliphatic heterocycles. The van der Waals surface area contributed by atoms with Gasteiger partial charge in [-0.15, -0.1) is 0 Å². The van der Waals surface area contributed by atoms with Crippen molar-refractivity contribution in [2.45, 2.75) is 0 Å². The molecular weight excluding hydrogens is 350 g/mol. The summed E-state index contributed by atoms with van der Waals surface area (Å²) in [5.74, 6) is 0. The van der Waals surface area contributed by atoms with Crippen molar-refractivity contribution in [3.05, 3.63) is 88.9 Å². The summed E-state index contributed by atoms with van der Waals surface area (Å²) in [4.78, 5) is 23.4. The molecule has 0 unspecified atom stereocenters. The predicted molar refractivity (Wildman–Crippen MR) is 99.6 cm³/mol. The molecule has 0 atom stereocenters. The molecule has 0 heterocycles. The first-order chi connectivity index (χ1) is 10.9. The topological polar surface area (TPSA) is 40.5 Å². The van der Waals surface area contributed by atoms with Gasteiger partial charge >= 0.3 is 145 Å². The number of hydrogen-bond donors (Lipinski definition) is 2. The molecule has 0 saturated heterocycles. The monoisotopic (exact) mass is 364 g/mol. The van der Waals surface area contributed by atoms with Crippen molar-refractivity contribution in [3.8, 4) is 0 Å². The summed E-state index contributed by atoms with van der Waals surface area (Å²) in [6, 6.07) is 22.1. The van der Waals surface area contributed by atoms with Gasteiger partial charge in [0.25, 0.3) is 0 Å². The molecule has 0 spiro atoms. The fourth-order valence-electron chi connectivity index (χ4n) is 2.64. The summed E-state index contributed by atoms with van der Waals surface area (Å²) in [5, 5.41) is 2.06. The first kappa shape index (κ1) is 16.4. The molecule has 0 radical (unpaired) electrons. The van der Waals surface area contributed by atoms with Crippen LogP contribution in [0.4, 0.5) is 0 Å². The summed E-state index contributed by atoms with van der Waals surface area (Å²) in [6.07, 6.45) is 0. The second-order valence-corrected chi connectivity index (χ2v) is 9.79. The predicted octanol–water partition coefficient (Wildman–Crippen LogP) is 3.64. The molecule has 0 aliphatic rings. The van der Waals surface area contributed by atoms with Gasteiger partial charge in [0, 0.05) is 0 Å². The van der Waals surface area contributed by atoms with E-state index < -0.39 is 7.06 Å². The molecule has 3 aromatic rings. The average Bonchev–Trinajstić information content (AvgIpc) is 2.56. The molecule has 3 rings (SSSR count). The minimum atomic E-state index is -4.61. The maximum absolute atomic E-state index is 11.7. The molecule has 0 aliphatic carbocycles. The Morgan fingerprint density at radius 2 is 1.00 bits per heavy atom. The summed E-state index contributed by atoms with van der Waals surface area (Å²) in [5.41, 5.74) is 0. The van der Waals surface area contributed by atoms with Gasteiger partial charge in [-0.3, -0.25) is 0 Å². The Balaban J connectivity index is 2.39. The Morgan fingerprint density at radius 3 is 1.43 bits per heavy atom. The summed E-state index contributed by atoms with van der Waals surface area (Å²) >= 11 is 12.2. The van der Waals surface area contributed by atoms with Gasteiger partial charge in [0.2, 0.25) is 0 Å². The van der Waals surface area contributed by atoms with Crippen LogP contribution in [-0.2, 0) is 0 Å². The van der Waals surface area contributed by atoms with Crippen LogP contribution in [0.5, 0.6) is 0 Å². The van der Waals surface area contributed by atoms with Crippen LogP contribution in [-0.4, -0.2) is 9.79 Å². The molecule has 2 nitrogen and oxygen atoms in total. The normalized spacial score (nSPS) is 13.3. The van der Waals surface area contributed by atoms with E-state index in [-0.39, 0.29) is 0 Å². The van der Waals surface area contributed by atoms with Crippen LogP contribution < -0.4 is 15.9 Å². The van der Waals surface area contributed by atoms with Gasteiger partial charge in [0.15, 0.2) is 0 Å². The minimum absolute atomic E-state index is 0.372. The van der Waals surface area contributed by atoms with Gasteiger partial charge < -0.3 is 0 Å². The first-order valence-electron chi connectivity index (χ1n) is 7.00. The SMILES string of the molecule is OP(O)(c1ccccc1)(c1cccc(Cl)c1)c1cccc(Cl)c1. The van der Waals surface area contributed by atoms with Crippen LogP contribution in [0.15, 0.2) is 78.9 Å². The number of halogens is 2. The molecule has 0 aromatic heterocycles. The van der Waals surface area contributed by atoms with Crippen molar-refractivity contribution in [2.75, 3.05) is 0 Å². The molecule has 3 aromatic carbocycles. The first-order valence-corrected chi connectivity index (χ1v) is 9.90. The molecule has 23 heavy (non-hydrogen) atoms. The third-order valence-corrected chi connectivity index (χ3v) is 8.10. The Bertz CT molecular complexity index is 801. The zero-order valence-electron chi connectivity index (χ0n) is 12.1. The van der Waals surface area contributed by atoms with E-state index in [4.69, 9.17) is 23.2 Å². The number of benzene rings is 3. The van der Waals surface area contributed by atoms with Gasteiger partial charge in [-0.05, 0) is 0 Å². The van der Waals surface area contributed by atoms with Gasteiger partial charge in [0.05, 0.1) is 0 Å². The molecular formula is C18H15Cl2O2P. The fourth-order valence-corrected chi connectivity index (χ4v) is 6.31. The van der Waals surface area contributed by atoms with Crippen molar-refractivity contribution < 1.29 is 9.79 Å². The Morgan fingerprint density at radius 1 is 0.565 bits per heavy atom. The Labute approximate surface area is 145 Å². The van der Waals surface area contributed by atoms with Crippen LogP contribution >= 0.6 is 30.3 Å². The molecule has 2 N–H and O–H groups in total. The second kappa shape index (κ2) is 5.90. The zero-order valence-corrected chi connectivity index (χ0v) is 14.5. The third kappa shape index (κ3) is 2.78. The van der Waals surface area contributed by atoms with E-state index in [0.717, 1.165) is 0 Å². The number of rotatable bonds is 3. The molecule has 0 fully saturated rings. The van der Waals surface area contributed by atoms with Crippen LogP contribution in [0.1, 0.15) is 0 Å².